The maximum atomic E-state index is 4.77. The van der Waals surface area contributed by atoms with Crippen LogP contribution in [0.2, 0.25) is 0 Å². The molecule has 0 bridgehead atoms. The van der Waals surface area contributed by atoms with Gasteiger partial charge in [-0.2, -0.15) is 0 Å². The fraction of sp³-hybridized carbons (Fsp3) is 0.333. The average molecular weight is 333 g/mol. The third kappa shape index (κ3) is 2.47. The molecule has 0 unspecified atom stereocenters. The van der Waals surface area contributed by atoms with E-state index in [2.05, 4.69) is 31.2 Å². The van der Waals surface area contributed by atoms with Crippen molar-refractivity contribution in [2.24, 2.45) is 0 Å². The molecule has 1 saturated heterocycles. The standard InChI is InChI=1S/C18H19N7/c1-2-6-14-13(5-1)22-18-16(20-9-12-24-10-3-4-11-24)23-15-17(25(14)18)21-8-7-19-15/h1-2,5-8H,3-4,9-12H2,(H,19,20,23). The second-order valence-corrected chi connectivity index (χ2v) is 6.40. The van der Waals surface area contributed by atoms with E-state index in [1.807, 2.05) is 22.6 Å². The van der Waals surface area contributed by atoms with Crippen LogP contribution in [0, 0.1) is 0 Å². The molecule has 0 saturated carbocycles. The third-order valence-corrected chi connectivity index (χ3v) is 4.78. The molecule has 0 amide bonds. The van der Waals surface area contributed by atoms with Crippen molar-refractivity contribution in [3.63, 3.8) is 0 Å². The average Bonchev–Trinajstić information content (AvgIpc) is 3.29. The van der Waals surface area contributed by atoms with Crippen LogP contribution in [0.1, 0.15) is 12.8 Å². The van der Waals surface area contributed by atoms with Crippen molar-refractivity contribution in [3.05, 3.63) is 36.7 Å². The fourth-order valence-electron chi connectivity index (χ4n) is 3.57. The van der Waals surface area contributed by atoms with Gasteiger partial charge in [-0.1, -0.05) is 12.1 Å². The molecule has 4 aromatic rings. The van der Waals surface area contributed by atoms with Crippen LogP contribution in [0.25, 0.3) is 28.0 Å². The number of likely N-dealkylation sites (tertiary alicyclic amines) is 1. The molecule has 7 heteroatoms. The summed E-state index contributed by atoms with van der Waals surface area (Å²) < 4.78 is 2.04. The Kier molecular flexibility index (Phi) is 3.45. The molecule has 1 aliphatic heterocycles. The number of imidazole rings is 1. The lowest BCUT2D eigenvalue weighted by Crippen LogP contribution is -2.26. The van der Waals surface area contributed by atoms with Crippen LogP contribution in [-0.4, -0.2) is 55.4 Å². The van der Waals surface area contributed by atoms with Crippen LogP contribution in [0.4, 0.5) is 5.82 Å². The number of rotatable bonds is 4. The topological polar surface area (TPSA) is 71.2 Å². The molecule has 0 radical (unpaired) electrons. The lowest BCUT2D eigenvalue weighted by atomic mass is 10.3. The molecule has 1 fully saturated rings. The van der Waals surface area contributed by atoms with E-state index in [0.29, 0.717) is 5.65 Å². The van der Waals surface area contributed by atoms with Gasteiger partial charge < -0.3 is 10.2 Å². The van der Waals surface area contributed by atoms with Gasteiger partial charge in [-0.05, 0) is 38.1 Å². The molecule has 25 heavy (non-hydrogen) atoms. The second-order valence-electron chi connectivity index (χ2n) is 6.40. The first-order chi connectivity index (χ1) is 12.4. The number of fused-ring (bicyclic) bond motifs is 5. The van der Waals surface area contributed by atoms with E-state index in [4.69, 9.17) is 4.98 Å². The first-order valence-electron chi connectivity index (χ1n) is 8.74. The van der Waals surface area contributed by atoms with Crippen molar-refractivity contribution in [1.29, 1.82) is 0 Å². The molecule has 3 aromatic heterocycles. The zero-order chi connectivity index (χ0) is 16.6. The molecule has 4 heterocycles. The molecule has 1 aliphatic rings. The number of nitrogens with one attached hydrogen (secondary N) is 1. The molecule has 1 N–H and O–H groups in total. The van der Waals surface area contributed by atoms with E-state index < -0.39 is 0 Å². The van der Waals surface area contributed by atoms with E-state index in [1.54, 1.807) is 12.4 Å². The van der Waals surface area contributed by atoms with Crippen molar-refractivity contribution in [2.45, 2.75) is 12.8 Å². The zero-order valence-corrected chi connectivity index (χ0v) is 13.9. The quantitative estimate of drug-likeness (QED) is 0.618. The predicted molar refractivity (Wildman–Crippen MR) is 97.8 cm³/mol. The van der Waals surface area contributed by atoms with Crippen molar-refractivity contribution < 1.29 is 0 Å². The molecule has 0 atom stereocenters. The number of anilines is 1. The minimum atomic E-state index is 0.627. The highest BCUT2D eigenvalue weighted by Gasteiger charge is 2.16. The summed E-state index contributed by atoms with van der Waals surface area (Å²) in [6, 6.07) is 8.08. The highest BCUT2D eigenvalue weighted by atomic mass is 15.2. The molecule has 0 spiro atoms. The van der Waals surface area contributed by atoms with Gasteiger partial charge in [0.25, 0.3) is 0 Å². The van der Waals surface area contributed by atoms with Crippen LogP contribution >= 0.6 is 0 Å². The monoisotopic (exact) mass is 333 g/mol. The maximum Gasteiger partial charge on any atom is 0.198 e. The summed E-state index contributed by atoms with van der Waals surface area (Å²) in [7, 11) is 0. The van der Waals surface area contributed by atoms with Crippen molar-refractivity contribution in [3.8, 4) is 0 Å². The Morgan fingerprint density at radius 1 is 0.960 bits per heavy atom. The van der Waals surface area contributed by atoms with Gasteiger partial charge in [-0.25, -0.2) is 19.9 Å². The fourth-order valence-corrected chi connectivity index (χ4v) is 3.57. The maximum absolute atomic E-state index is 4.77. The Hall–Kier alpha value is -2.80. The van der Waals surface area contributed by atoms with Crippen LogP contribution in [0.15, 0.2) is 36.7 Å². The first-order valence-corrected chi connectivity index (χ1v) is 8.74. The van der Waals surface area contributed by atoms with Crippen molar-refractivity contribution in [2.75, 3.05) is 31.5 Å². The normalized spacial score (nSPS) is 15.5. The van der Waals surface area contributed by atoms with Crippen LogP contribution in [-0.2, 0) is 0 Å². The smallest absolute Gasteiger partial charge is 0.198 e. The Bertz CT molecular complexity index is 1050. The summed E-state index contributed by atoms with van der Waals surface area (Å²) in [6.07, 6.45) is 5.98. The Morgan fingerprint density at radius 3 is 2.72 bits per heavy atom. The highest BCUT2D eigenvalue weighted by molar-refractivity contribution is 5.89. The van der Waals surface area contributed by atoms with E-state index in [1.165, 1.54) is 25.9 Å². The predicted octanol–water partition coefficient (Wildman–Crippen LogP) is 2.33. The van der Waals surface area contributed by atoms with Gasteiger partial charge in [0, 0.05) is 25.5 Å². The summed E-state index contributed by atoms with van der Waals surface area (Å²) >= 11 is 0. The minimum Gasteiger partial charge on any atom is -0.366 e. The zero-order valence-electron chi connectivity index (χ0n) is 13.9. The highest BCUT2D eigenvalue weighted by Crippen LogP contribution is 2.24. The van der Waals surface area contributed by atoms with Gasteiger partial charge in [0.1, 0.15) is 0 Å². The summed E-state index contributed by atoms with van der Waals surface area (Å²) in [5.41, 5.74) is 4.12. The van der Waals surface area contributed by atoms with Crippen molar-refractivity contribution in [1.82, 2.24) is 29.2 Å². The lowest BCUT2D eigenvalue weighted by Gasteiger charge is -2.15. The molecule has 7 nitrogen and oxygen atoms in total. The molecular formula is C18H19N7. The van der Waals surface area contributed by atoms with Gasteiger partial charge in [0.15, 0.2) is 22.8 Å². The van der Waals surface area contributed by atoms with Crippen LogP contribution in [0.3, 0.4) is 0 Å². The van der Waals surface area contributed by atoms with Crippen LogP contribution in [0.5, 0.6) is 0 Å². The molecule has 0 aliphatic carbocycles. The van der Waals surface area contributed by atoms with E-state index in [0.717, 1.165) is 41.2 Å². The Morgan fingerprint density at radius 2 is 1.80 bits per heavy atom. The summed E-state index contributed by atoms with van der Waals surface area (Å²) in [4.78, 5) is 20.8. The Balaban J connectivity index is 1.61. The first kappa shape index (κ1) is 14.5. The lowest BCUT2D eigenvalue weighted by molar-refractivity contribution is 0.352. The summed E-state index contributed by atoms with van der Waals surface area (Å²) in [5.74, 6) is 0.767. The molecule has 5 rings (SSSR count). The van der Waals surface area contributed by atoms with E-state index in [9.17, 15) is 0 Å². The SMILES string of the molecule is c1ccc2c(c1)nc1c(NCCN3CCCC3)nc3nccnc3n12. The van der Waals surface area contributed by atoms with Gasteiger partial charge >= 0.3 is 0 Å². The number of para-hydroxylation sites is 2. The number of hydrogen-bond acceptors (Lipinski definition) is 6. The van der Waals surface area contributed by atoms with E-state index >= 15 is 0 Å². The molecular weight excluding hydrogens is 314 g/mol. The molecule has 126 valence electrons. The minimum absolute atomic E-state index is 0.627. The number of nitrogens with zero attached hydrogens (tertiary/aromatic N) is 6. The van der Waals surface area contributed by atoms with E-state index in [-0.39, 0.29) is 0 Å². The van der Waals surface area contributed by atoms with Crippen molar-refractivity contribution >= 4 is 33.8 Å². The largest absolute Gasteiger partial charge is 0.366 e. The number of aromatic nitrogens is 5. The number of benzene rings is 1. The third-order valence-electron chi connectivity index (χ3n) is 4.78. The second kappa shape index (κ2) is 5.93. The summed E-state index contributed by atoms with van der Waals surface area (Å²) in [6.45, 7) is 4.26. The van der Waals surface area contributed by atoms with Crippen LogP contribution < -0.4 is 5.32 Å². The van der Waals surface area contributed by atoms with Gasteiger partial charge in [-0.15, -0.1) is 0 Å². The Labute approximate surface area is 144 Å². The van der Waals surface area contributed by atoms with Gasteiger partial charge in [-0.3, -0.25) is 4.40 Å². The molecule has 1 aromatic carbocycles. The van der Waals surface area contributed by atoms with Gasteiger partial charge in [0.05, 0.1) is 11.0 Å². The number of hydrogen-bond donors (Lipinski definition) is 1. The summed E-state index contributed by atoms with van der Waals surface area (Å²) in [5, 5.41) is 3.46. The van der Waals surface area contributed by atoms with Gasteiger partial charge in [0.2, 0.25) is 0 Å².